The molecule has 1 rings (SSSR count). The van der Waals surface area contributed by atoms with Gasteiger partial charge in [-0.25, -0.2) is 0 Å². The van der Waals surface area contributed by atoms with E-state index in [0.29, 0.717) is 0 Å². The fourth-order valence-electron chi connectivity index (χ4n) is 1.24. The first kappa shape index (κ1) is 12.1. The Morgan fingerprint density at radius 3 is 1.58 bits per heavy atom. The minimum absolute atomic E-state index is 0. The van der Waals surface area contributed by atoms with E-state index in [2.05, 4.69) is 0 Å². The highest BCUT2D eigenvalue weighted by Crippen LogP contribution is 2.18. The van der Waals surface area contributed by atoms with Gasteiger partial charge in [-0.3, -0.25) is 0 Å². The van der Waals surface area contributed by atoms with Crippen LogP contribution in [0.15, 0.2) is 0 Å². The standard InChI is InChI=1S/C6H13NO4.ClH/c7-4-5(10)2(8)1-3(9)6(4)11;/h2-6,8-11H,1,7H2;1H/t2-,3+,4?,5-,6+;. The van der Waals surface area contributed by atoms with Gasteiger partial charge in [-0.15, -0.1) is 12.4 Å². The van der Waals surface area contributed by atoms with E-state index in [4.69, 9.17) is 26.2 Å². The third kappa shape index (κ3) is 2.07. The molecule has 1 aliphatic carbocycles. The summed E-state index contributed by atoms with van der Waals surface area (Å²) in [6.45, 7) is 0. The second kappa shape index (κ2) is 4.36. The molecule has 0 aromatic heterocycles. The molecular weight excluding hydrogens is 186 g/mol. The lowest BCUT2D eigenvalue weighted by Gasteiger charge is -2.36. The minimum atomic E-state index is -1.15. The van der Waals surface area contributed by atoms with Gasteiger partial charge in [0.1, 0.15) is 0 Å². The fraction of sp³-hybridized carbons (Fsp3) is 1.00. The molecule has 0 heterocycles. The van der Waals surface area contributed by atoms with Gasteiger partial charge in [0.15, 0.2) is 0 Å². The topological polar surface area (TPSA) is 107 Å². The molecule has 1 saturated carbocycles. The average Bonchev–Trinajstić information content (AvgIpc) is 1.97. The van der Waals surface area contributed by atoms with Gasteiger partial charge in [-0.1, -0.05) is 0 Å². The highest BCUT2D eigenvalue weighted by atomic mass is 35.5. The number of aliphatic hydroxyl groups is 4. The largest absolute Gasteiger partial charge is 0.390 e. The SMILES string of the molecule is Cl.NC1[C@@H](O)[C@@H](O)C[C@@H](O)[C@H]1O. The van der Waals surface area contributed by atoms with Gasteiger partial charge < -0.3 is 26.2 Å². The summed E-state index contributed by atoms with van der Waals surface area (Å²) >= 11 is 0. The Bertz CT molecular complexity index is 134. The lowest BCUT2D eigenvalue weighted by atomic mass is 9.86. The van der Waals surface area contributed by atoms with Crippen molar-refractivity contribution in [2.45, 2.75) is 36.9 Å². The van der Waals surface area contributed by atoms with Gasteiger partial charge in [-0.2, -0.15) is 0 Å². The summed E-state index contributed by atoms with van der Waals surface area (Å²) < 4.78 is 0. The van der Waals surface area contributed by atoms with Crippen molar-refractivity contribution in [3.63, 3.8) is 0 Å². The van der Waals surface area contributed by atoms with E-state index in [1.165, 1.54) is 0 Å². The molecule has 0 aromatic rings. The van der Waals surface area contributed by atoms with E-state index >= 15 is 0 Å². The van der Waals surface area contributed by atoms with Crippen molar-refractivity contribution in [1.82, 2.24) is 0 Å². The van der Waals surface area contributed by atoms with Crippen LogP contribution in [0.5, 0.6) is 0 Å². The summed E-state index contributed by atoms with van der Waals surface area (Å²) in [6.07, 6.45) is -4.40. The number of halogens is 1. The number of rotatable bonds is 0. The molecule has 74 valence electrons. The minimum Gasteiger partial charge on any atom is -0.390 e. The van der Waals surface area contributed by atoms with Gasteiger partial charge in [0.05, 0.1) is 30.5 Å². The van der Waals surface area contributed by atoms with Crippen LogP contribution in [0, 0.1) is 0 Å². The first-order chi connectivity index (χ1) is 5.04. The van der Waals surface area contributed by atoms with Crippen LogP contribution in [0.3, 0.4) is 0 Å². The normalized spacial score (nSPS) is 48.2. The molecule has 5 nitrogen and oxygen atoms in total. The molecule has 1 fully saturated rings. The van der Waals surface area contributed by atoms with Crippen molar-refractivity contribution < 1.29 is 20.4 Å². The van der Waals surface area contributed by atoms with Crippen LogP contribution in [0.2, 0.25) is 0 Å². The number of hydrogen-bond donors (Lipinski definition) is 5. The molecule has 6 heteroatoms. The van der Waals surface area contributed by atoms with Crippen molar-refractivity contribution >= 4 is 12.4 Å². The summed E-state index contributed by atoms with van der Waals surface area (Å²) in [5, 5.41) is 36.2. The molecule has 0 aliphatic heterocycles. The number of nitrogens with two attached hydrogens (primary N) is 1. The van der Waals surface area contributed by atoms with E-state index in [-0.39, 0.29) is 18.8 Å². The van der Waals surface area contributed by atoms with Crippen LogP contribution in [-0.4, -0.2) is 50.9 Å². The predicted molar refractivity (Wildman–Crippen MR) is 43.9 cm³/mol. The Kier molecular flexibility index (Phi) is 4.39. The zero-order valence-electron chi connectivity index (χ0n) is 6.37. The predicted octanol–water partition coefficient (Wildman–Crippen LogP) is -2.42. The van der Waals surface area contributed by atoms with Gasteiger partial charge >= 0.3 is 0 Å². The monoisotopic (exact) mass is 199 g/mol. The zero-order chi connectivity index (χ0) is 8.59. The third-order valence-corrected chi connectivity index (χ3v) is 2.06. The second-order valence-electron chi connectivity index (χ2n) is 2.93. The number of aliphatic hydroxyl groups excluding tert-OH is 4. The fourth-order valence-corrected chi connectivity index (χ4v) is 1.24. The molecule has 0 radical (unpaired) electrons. The Morgan fingerprint density at radius 1 is 0.917 bits per heavy atom. The highest BCUT2D eigenvalue weighted by Gasteiger charge is 2.39. The average molecular weight is 200 g/mol. The van der Waals surface area contributed by atoms with Crippen LogP contribution in [0.4, 0.5) is 0 Å². The van der Waals surface area contributed by atoms with Crippen molar-refractivity contribution in [2.24, 2.45) is 5.73 Å². The van der Waals surface area contributed by atoms with Gasteiger partial charge in [0, 0.05) is 6.42 Å². The van der Waals surface area contributed by atoms with E-state index < -0.39 is 30.5 Å². The number of hydrogen-bond acceptors (Lipinski definition) is 5. The summed E-state index contributed by atoms with van der Waals surface area (Å²) in [4.78, 5) is 0. The van der Waals surface area contributed by atoms with E-state index in [1.54, 1.807) is 0 Å². The summed E-state index contributed by atoms with van der Waals surface area (Å²) in [7, 11) is 0. The quantitative estimate of drug-likeness (QED) is 0.299. The second-order valence-corrected chi connectivity index (χ2v) is 2.93. The van der Waals surface area contributed by atoms with Crippen LogP contribution in [0.25, 0.3) is 0 Å². The highest BCUT2D eigenvalue weighted by molar-refractivity contribution is 5.85. The first-order valence-electron chi connectivity index (χ1n) is 3.52. The van der Waals surface area contributed by atoms with Gasteiger partial charge in [0.2, 0.25) is 0 Å². The molecule has 0 spiro atoms. The summed E-state index contributed by atoms with van der Waals surface area (Å²) in [6, 6.07) is -0.964. The lowest BCUT2D eigenvalue weighted by molar-refractivity contribution is -0.120. The Balaban J connectivity index is 0.00000121. The van der Waals surface area contributed by atoms with Crippen LogP contribution in [0.1, 0.15) is 6.42 Å². The molecule has 1 unspecified atom stereocenters. The van der Waals surface area contributed by atoms with Gasteiger partial charge in [0.25, 0.3) is 0 Å². The molecule has 0 amide bonds. The molecule has 12 heavy (non-hydrogen) atoms. The third-order valence-electron chi connectivity index (χ3n) is 2.06. The Labute approximate surface area is 76.2 Å². The first-order valence-corrected chi connectivity index (χ1v) is 3.52. The van der Waals surface area contributed by atoms with E-state index in [0.717, 1.165) is 0 Å². The Hall–Kier alpha value is 0.0900. The van der Waals surface area contributed by atoms with Crippen molar-refractivity contribution in [3.8, 4) is 0 Å². The molecule has 0 saturated heterocycles. The van der Waals surface area contributed by atoms with E-state index in [1.807, 2.05) is 0 Å². The maximum absolute atomic E-state index is 9.09. The zero-order valence-corrected chi connectivity index (χ0v) is 7.18. The van der Waals surface area contributed by atoms with Crippen LogP contribution < -0.4 is 5.73 Å². The van der Waals surface area contributed by atoms with Crippen molar-refractivity contribution in [1.29, 1.82) is 0 Å². The van der Waals surface area contributed by atoms with Crippen molar-refractivity contribution in [3.05, 3.63) is 0 Å². The summed E-state index contributed by atoms with van der Waals surface area (Å²) in [5.74, 6) is 0. The molecule has 0 bridgehead atoms. The lowest BCUT2D eigenvalue weighted by Crippen LogP contribution is -2.59. The van der Waals surface area contributed by atoms with Crippen LogP contribution >= 0.6 is 12.4 Å². The maximum Gasteiger partial charge on any atom is 0.0976 e. The molecule has 6 N–H and O–H groups in total. The molecule has 5 atom stereocenters. The molecule has 1 aliphatic rings. The maximum atomic E-state index is 9.09. The molecular formula is C6H14ClNO4. The molecule has 0 aromatic carbocycles. The van der Waals surface area contributed by atoms with Crippen molar-refractivity contribution in [2.75, 3.05) is 0 Å². The van der Waals surface area contributed by atoms with Gasteiger partial charge in [-0.05, 0) is 0 Å². The Morgan fingerprint density at radius 2 is 1.25 bits per heavy atom. The summed E-state index contributed by atoms with van der Waals surface area (Å²) in [5.41, 5.74) is 5.28. The van der Waals surface area contributed by atoms with E-state index in [9.17, 15) is 0 Å². The van der Waals surface area contributed by atoms with Crippen LogP contribution in [-0.2, 0) is 0 Å². The smallest absolute Gasteiger partial charge is 0.0976 e.